The van der Waals surface area contributed by atoms with Crippen molar-refractivity contribution >= 4 is 12.0 Å². The van der Waals surface area contributed by atoms with Crippen molar-refractivity contribution in [2.45, 2.75) is 64.0 Å². The molecule has 0 aromatic heterocycles. The van der Waals surface area contributed by atoms with Gasteiger partial charge in [0.2, 0.25) is 0 Å². The zero-order valence-electron chi connectivity index (χ0n) is 11.6. The number of amides is 2. The van der Waals surface area contributed by atoms with E-state index in [-0.39, 0.29) is 18.0 Å². The van der Waals surface area contributed by atoms with Gasteiger partial charge in [-0.15, -0.1) is 0 Å². The molecular formula is C14H24N2O3. The molecule has 2 atom stereocenters. The van der Waals surface area contributed by atoms with Crippen LogP contribution in [0.1, 0.15) is 51.9 Å². The van der Waals surface area contributed by atoms with Gasteiger partial charge in [0.05, 0.1) is 0 Å². The van der Waals surface area contributed by atoms with Crippen LogP contribution in [-0.4, -0.2) is 40.6 Å². The highest BCUT2D eigenvalue weighted by molar-refractivity contribution is 5.83. The fourth-order valence-corrected chi connectivity index (χ4v) is 3.23. The number of aliphatic carboxylic acids is 1. The summed E-state index contributed by atoms with van der Waals surface area (Å²) in [4.78, 5) is 25.0. The van der Waals surface area contributed by atoms with Crippen molar-refractivity contribution < 1.29 is 14.7 Å². The molecule has 19 heavy (non-hydrogen) atoms. The van der Waals surface area contributed by atoms with Gasteiger partial charge in [-0.2, -0.15) is 0 Å². The molecule has 2 rings (SSSR count). The Morgan fingerprint density at radius 3 is 2.32 bits per heavy atom. The number of hydrogen-bond donors (Lipinski definition) is 2. The fraction of sp³-hybridized carbons (Fsp3) is 0.857. The molecule has 1 heterocycles. The minimum atomic E-state index is -0.888. The van der Waals surface area contributed by atoms with E-state index in [4.69, 9.17) is 0 Å². The summed E-state index contributed by atoms with van der Waals surface area (Å²) in [5.41, 5.74) is 0. The molecule has 2 unspecified atom stereocenters. The van der Waals surface area contributed by atoms with E-state index in [2.05, 4.69) is 5.32 Å². The number of carboxylic acids is 1. The molecule has 2 aliphatic rings. The molecule has 1 saturated carbocycles. The Balaban J connectivity index is 1.93. The zero-order valence-corrected chi connectivity index (χ0v) is 11.6. The van der Waals surface area contributed by atoms with Gasteiger partial charge in [-0.25, -0.2) is 9.59 Å². The minimum Gasteiger partial charge on any atom is -0.480 e. The van der Waals surface area contributed by atoms with Crippen LogP contribution in [-0.2, 0) is 4.79 Å². The molecule has 0 aromatic rings. The summed E-state index contributed by atoms with van der Waals surface area (Å²) >= 11 is 0. The average molecular weight is 268 g/mol. The molecule has 5 heteroatoms. The lowest BCUT2D eigenvalue weighted by molar-refractivity contribution is -0.142. The smallest absolute Gasteiger partial charge is 0.326 e. The van der Waals surface area contributed by atoms with Crippen LogP contribution in [0.15, 0.2) is 0 Å². The molecule has 0 bridgehead atoms. The lowest BCUT2D eigenvalue weighted by Gasteiger charge is -2.26. The highest BCUT2D eigenvalue weighted by Crippen LogP contribution is 2.25. The first-order valence-electron chi connectivity index (χ1n) is 7.39. The number of urea groups is 1. The van der Waals surface area contributed by atoms with E-state index in [1.807, 2.05) is 6.92 Å². The Bertz CT molecular complexity index is 338. The van der Waals surface area contributed by atoms with E-state index in [9.17, 15) is 14.7 Å². The zero-order chi connectivity index (χ0) is 13.8. The number of carboxylic acid groups (broad SMARTS) is 1. The number of carbonyl (C=O) groups excluding carboxylic acids is 1. The molecule has 0 spiro atoms. The predicted molar refractivity (Wildman–Crippen MR) is 71.9 cm³/mol. The largest absolute Gasteiger partial charge is 0.480 e. The van der Waals surface area contributed by atoms with Crippen LogP contribution in [0.4, 0.5) is 4.79 Å². The normalized spacial score (nSPS) is 29.0. The lowest BCUT2D eigenvalue weighted by atomic mass is 10.0. The number of likely N-dealkylation sites (tertiary alicyclic amines) is 1. The Labute approximate surface area is 114 Å². The standard InChI is InChI=1S/C14H24N2O3/c1-10-8-9-16(12(10)13(17)18)14(19)15-11-6-4-2-3-5-7-11/h10-12H,2-9H2,1H3,(H,15,19)(H,17,18). The second-order valence-electron chi connectivity index (χ2n) is 5.88. The first-order chi connectivity index (χ1) is 9.09. The van der Waals surface area contributed by atoms with Crippen molar-refractivity contribution in [3.05, 3.63) is 0 Å². The number of nitrogens with one attached hydrogen (secondary N) is 1. The number of nitrogens with zero attached hydrogens (tertiary/aromatic N) is 1. The maximum atomic E-state index is 12.2. The molecule has 1 aliphatic heterocycles. The van der Waals surface area contributed by atoms with Gasteiger partial charge in [0.25, 0.3) is 0 Å². The molecule has 5 nitrogen and oxygen atoms in total. The van der Waals surface area contributed by atoms with E-state index >= 15 is 0 Å². The van der Waals surface area contributed by atoms with Crippen molar-refractivity contribution in [2.24, 2.45) is 5.92 Å². The van der Waals surface area contributed by atoms with Gasteiger partial charge in [-0.05, 0) is 25.2 Å². The molecule has 1 aliphatic carbocycles. The molecule has 2 N–H and O–H groups in total. The third kappa shape index (κ3) is 3.39. The number of rotatable bonds is 2. The summed E-state index contributed by atoms with van der Waals surface area (Å²) in [6.45, 7) is 2.45. The molecule has 0 radical (unpaired) electrons. The molecule has 2 amide bonds. The van der Waals surface area contributed by atoms with Gasteiger partial charge in [-0.3, -0.25) is 0 Å². The van der Waals surface area contributed by atoms with E-state index in [1.165, 1.54) is 17.7 Å². The Morgan fingerprint density at radius 2 is 1.74 bits per heavy atom. The van der Waals surface area contributed by atoms with Crippen molar-refractivity contribution in [2.75, 3.05) is 6.54 Å². The van der Waals surface area contributed by atoms with Crippen LogP contribution in [0.25, 0.3) is 0 Å². The highest BCUT2D eigenvalue weighted by Gasteiger charge is 2.39. The van der Waals surface area contributed by atoms with Crippen LogP contribution in [0, 0.1) is 5.92 Å². The van der Waals surface area contributed by atoms with Crippen LogP contribution in [0.5, 0.6) is 0 Å². The van der Waals surface area contributed by atoms with Crippen molar-refractivity contribution in [3.63, 3.8) is 0 Å². The summed E-state index contributed by atoms with van der Waals surface area (Å²) in [5, 5.41) is 12.3. The summed E-state index contributed by atoms with van der Waals surface area (Å²) in [6.07, 6.45) is 7.61. The molecule has 1 saturated heterocycles. The van der Waals surface area contributed by atoms with Crippen molar-refractivity contribution in [1.82, 2.24) is 10.2 Å². The SMILES string of the molecule is CC1CCN(C(=O)NC2CCCCCC2)C1C(=O)O. The molecule has 2 fully saturated rings. The van der Waals surface area contributed by atoms with Gasteiger partial charge in [0.15, 0.2) is 0 Å². The Hall–Kier alpha value is -1.26. The van der Waals surface area contributed by atoms with Crippen LogP contribution in [0.2, 0.25) is 0 Å². The molecule has 108 valence electrons. The first-order valence-corrected chi connectivity index (χ1v) is 7.39. The average Bonchev–Trinajstić information content (AvgIpc) is 2.58. The minimum absolute atomic E-state index is 0.0392. The summed E-state index contributed by atoms with van der Waals surface area (Å²) in [7, 11) is 0. The first kappa shape index (κ1) is 14.2. The van der Waals surface area contributed by atoms with Gasteiger partial charge in [-0.1, -0.05) is 32.6 Å². The second-order valence-corrected chi connectivity index (χ2v) is 5.88. The topological polar surface area (TPSA) is 69.6 Å². The lowest BCUT2D eigenvalue weighted by Crippen LogP contribution is -2.50. The number of hydrogen-bond acceptors (Lipinski definition) is 2. The second kappa shape index (κ2) is 6.26. The Morgan fingerprint density at radius 1 is 1.11 bits per heavy atom. The van der Waals surface area contributed by atoms with E-state index in [0.29, 0.717) is 6.54 Å². The van der Waals surface area contributed by atoms with Gasteiger partial charge in [0.1, 0.15) is 6.04 Å². The van der Waals surface area contributed by atoms with Crippen LogP contribution < -0.4 is 5.32 Å². The van der Waals surface area contributed by atoms with Crippen molar-refractivity contribution in [1.29, 1.82) is 0 Å². The number of carbonyl (C=O) groups is 2. The van der Waals surface area contributed by atoms with Gasteiger partial charge < -0.3 is 15.3 Å². The third-order valence-electron chi connectivity index (χ3n) is 4.40. The van der Waals surface area contributed by atoms with E-state index < -0.39 is 12.0 Å². The Kier molecular flexibility index (Phi) is 4.66. The van der Waals surface area contributed by atoms with E-state index in [1.54, 1.807) is 0 Å². The van der Waals surface area contributed by atoms with Crippen molar-refractivity contribution in [3.8, 4) is 0 Å². The van der Waals surface area contributed by atoms with E-state index in [0.717, 1.165) is 32.1 Å². The highest BCUT2D eigenvalue weighted by atomic mass is 16.4. The molecular weight excluding hydrogens is 244 g/mol. The monoisotopic (exact) mass is 268 g/mol. The fourth-order valence-electron chi connectivity index (χ4n) is 3.23. The summed E-state index contributed by atoms with van der Waals surface area (Å²) in [6, 6.07) is -0.630. The third-order valence-corrected chi connectivity index (χ3v) is 4.40. The summed E-state index contributed by atoms with van der Waals surface area (Å²) in [5.74, 6) is -0.849. The maximum Gasteiger partial charge on any atom is 0.326 e. The van der Waals surface area contributed by atoms with Crippen LogP contribution in [0.3, 0.4) is 0 Å². The summed E-state index contributed by atoms with van der Waals surface area (Å²) < 4.78 is 0. The predicted octanol–water partition coefficient (Wildman–Crippen LogP) is 2.21. The van der Waals surface area contributed by atoms with Gasteiger partial charge >= 0.3 is 12.0 Å². The van der Waals surface area contributed by atoms with Crippen LogP contribution >= 0.6 is 0 Å². The van der Waals surface area contributed by atoms with Gasteiger partial charge in [0, 0.05) is 12.6 Å². The molecule has 0 aromatic carbocycles. The quantitative estimate of drug-likeness (QED) is 0.754. The maximum absolute atomic E-state index is 12.2.